The molecule has 2 aliphatic rings. The number of ether oxygens (including phenoxy) is 2. The van der Waals surface area contributed by atoms with Crippen LogP contribution < -0.4 is 0 Å². The van der Waals surface area contributed by atoms with Crippen LogP contribution in [0.3, 0.4) is 0 Å². The Bertz CT molecular complexity index is 661. The highest BCUT2D eigenvalue weighted by molar-refractivity contribution is 7.11. The lowest BCUT2D eigenvalue weighted by Crippen LogP contribution is -2.47. The highest BCUT2D eigenvalue weighted by Crippen LogP contribution is 2.35. The monoisotopic (exact) mass is 364 g/mol. The van der Waals surface area contributed by atoms with E-state index in [4.69, 9.17) is 9.47 Å². The van der Waals surface area contributed by atoms with Gasteiger partial charge in [0.15, 0.2) is 0 Å². The maximum Gasteiger partial charge on any atom is 0.277 e. The van der Waals surface area contributed by atoms with Crippen LogP contribution in [0.2, 0.25) is 0 Å². The first-order valence-electron chi connectivity index (χ1n) is 8.56. The zero-order valence-corrected chi connectivity index (χ0v) is 15.7. The van der Waals surface area contributed by atoms with Gasteiger partial charge in [-0.2, -0.15) is 0 Å². The molecule has 0 N–H and O–H groups in total. The van der Waals surface area contributed by atoms with Crippen LogP contribution >= 0.6 is 11.3 Å². The third-order valence-electron chi connectivity index (χ3n) is 4.38. The van der Waals surface area contributed by atoms with Gasteiger partial charge in [0.05, 0.1) is 17.8 Å². The molecule has 1 aromatic heterocycles. The number of imide groups is 1. The third-order valence-corrected chi connectivity index (χ3v) is 5.26. The minimum atomic E-state index is -0.203. The molecule has 1 fully saturated rings. The first-order valence-corrected chi connectivity index (χ1v) is 9.44. The van der Waals surface area contributed by atoms with Crippen LogP contribution in [0, 0.1) is 0 Å². The van der Waals surface area contributed by atoms with E-state index in [1.807, 2.05) is 36.3 Å². The highest BCUT2D eigenvalue weighted by atomic mass is 32.1. The summed E-state index contributed by atoms with van der Waals surface area (Å²) in [4.78, 5) is 30.3. The number of thiophene rings is 1. The summed E-state index contributed by atoms with van der Waals surface area (Å²) in [6, 6.07) is 3.80. The molecule has 0 bridgehead atoms. The summed E-state index contributed by atoms with van der Waals surface area (Å²) in [5, 5.41) is 1.93. The fourth-order valence-electron chi connectivity index (χ4n) is 3.43. The van der Waals surface area contributed by atoms with Crippen LogP contribution in [0.1, 0.15) is 25.1 Å². The summed E-state index contributed by atoms with van der Waals surface area (Å²) >= 11 is 1.49. The molecule has 2 amide bonds. The number of morpholine rings is 1. The van der Waals surface area contributed by atoms with Crippen LogP contribution in [0.4, 0.5) is 0 Å². The predicted octanol–water partition coefficient (Wildman–Crippen LogP) is 1.97. The van der Waals surface area contributed by atoms with E-state index >= 15 is 0 Å². The van der Waals surface area contributed by atoms with Gasteiger partial charge in [0.1, 0.15) is 5.70 Å². The summed E-state index contributed by atoms with van der Waals surface area (Å²) in [6.07, 6.45) is 0.673. The number of nitrogens with zero attached hydrogens (tertiary/aromatic N) is 2. The van der Waals surface area contributed by atoms with Crippen molar-refractivity contribution in [1.82, 2.24) is 9.80 Å². The molecule has 0 radical (unpaired) electrons. The Balaban J connectivity index is 1.94. The number of hydrogen-bond donors (Lipinski definition) is 0. The summed E-state index contributed by atoms with van der Waals surface area (Å²) in [6.45, 7) is 6.10. The van der Waals surface area contributed by atoms with Gasteiger partial charge in [0.25, 0.3) is 11.8 Å². The molecule has 6 nitrogen and oxygen atoms in total. The van der Waals surface area contributed by atoms with Crippen molar-refractivity contribution in [2.75, 3.05) is 33.4 Å². The maximum absolute atomic E-state index is 13.1. The number of carbonyl (C=O) groups excluding carboxylic acids is 2. The number of hydrogen-bond acceptors (Lipinski definition) is 6. The largest absolute Gasteiger partial charge is 0.385 e. The predicted molar refractivity (Wildman–Crippen MR) is 96.0 cm³/mol. The smallest absolute Gasteiger partial charge is 0.277 e. The topological polar surface area (TPSA) is 59.1 Å². The fourth-order valence-corrected chi connectivity index (χ4v) is 4.19. The molecule has 3 rings (SSSR count). The lowest BCUT2D eigenvalue weighted by Gasteiger charge is -2.37. The van der Waals surface area contributed by atoms with Crippen molar-refractivity contribution in [2.24, 2.45) is 0 Å². The molecular formula is C18H24N2O4S. The average molecular weight is 364 g/mol. The van der Waals surface area contributed by atoms with Crippen LogP contribution in [0.25, 0.3) is 5.57 Å². The zero-order valence-electron chi connectivity index (χ0n) is 14.9. The third kappa shape index (κ3) is 3.63. The lowest BCUT2D eigenvalue weighted by atomic mass is 10.1. The van der Waals surface area contributed by atoms with Gasteiger partial charge in [0.2, 0.25) is 0 Å². The van der Waals surface area contributed by atoms with Crippen LogP contribution in [0.5, 0.6) is 0 Å². The van der Waals surface area contributed by atoms with Gasteiger partial charge in [-0.1, -0.05) is 6.07 Å². The first-order chi connectivity index (χ1) is 12.0. The van der Waals surface area contributed by atoms with Crippen molar-refractivity contribution in [2.45, 2.75) is 32.5 Å². The van der Waals surface area contributed by atoms with Crippen molar-refractivity contribution in [3.05, 3.63) is 28.1 Å². The normalized spacial score (nSPS) is 24.6. The number of amides is 2. The van der Waals surface area contributed by atoms with Crippen molar-refractivity contribution in [3.8, 4) is 0 Å². The summed E-state index contributed by atoms with van der Waals surface area (Å²) in [5.41, 5.74) is 1.05. The van der Waals surface area contributed by atoms with Gasteiger partial charge in [-0.3, -0.25) is 14.5 Å². The van der Waals surface area contributed by atoms with Gasteiger partial charge < -0.3 is 14.4 Å². The summed E-state index contributed by atoms with van der Waals surface area (Å²) < 4.78 is 10.8. The molecule has 3 heterocycles. The number of rotatable bonds is 6. The highest BCUT2D eigenvalue weighted by Gasteiger charge is 2.43. The van der Waals surface area contributed by atoms with E-state index in [0.29, 0.717) is 43.9 Å². The van der Waals surface area contributed by atoms with E-state index in [9.17, 15) is 9.59 Å². The van der Waals surface area contributed by atoms with E-state index in [2.05, 4.69) is 0 Å². The Kier molecular flexibility index (Phi) is 5.56. The molecule has 2 aliphatic heterocycles. The minimum absolute atomic E-state index is 0.0197. The number of carbonyl (C=O) groups is 2. The Morgan fingerprint density at radius 1 is 1.24 bits per heavy atom. The molecule has 2 atom stereocenters. The van der Waals surface area contributed by atoms with Gasteiger partial charge in [-0.25, -0.2) is 0 Å². The zero-order chi connectivity index (χ0) is 18.0. The van der Waals surface area contributed by atoms with Crippen molar-refractivity contribution in [3.63, 3.8) is 0 Å². The maximum atomic E-state index is 13.1. The van der Waals surface area contributed by atoms with Gasteiger partial charge >= 0.3 is 0 Å². The first kappa shape index (κ1) is 18.1. The molecular weight excluding hydrogens is 340 g/mol. The molecule has 1 saturated heterocycles. The molecule has 1 aromatic rings. The van der Waals surface area contributed by atoms with Crippen LogP contribution in [-0.2, 0) is 19.1 Å². The van der Waals surface area contributed by atoms with Crippen molar-refractivity contribution >= 4 is 28.7 Å². The minimum Gasteiger partial charge on any atom is -0.385 e. The molecule has 0 aromatic carbocycles. The fraction of sp³-hybridized carbons (Fsp3) is 0.556. The number of methoxy groups -OCH3 is 1. The molecule has 0 saturated carbocycles. The molecule has 7 heteroatoms. The molecule has 0 spiro atoms. The standard InChI is InChI=1S/C18H24N2O4S/c1-12-10-19(11-13(2)24-12)16-15(14-6-4-9-25-14)17(21)20(18(16)22)7-5-8-23-3/h4,6,9,12-13H,5,7-8,10-11H2,1-3H3. The average Bonchev–Trinajstić information content (AvgIpc) is 3.15. The second kappa shape index (κ2) is 7.68. The van der Waals surface area contributed by atoms with Gasteiger partial charge in [0, 0.05) is 38.2 Å². The molecule has 0 aliphatic carbocycles. The Hall–Kier alpha value is -1.70. The second-order valence-corrected chi connectivity index (χ2v) is 7.42. The Labute approximate surface area is 152 Å². The van der Waals surface area contributed by atoms with E-state index in [1.54, 1.807) is 7.11 Å². The second-order valence-electron chi connectivity index (χ2n) is 6.47. The van der Waals surface area contributed by atoms with E-state index in [1.165, 1.54) is 16.2 Å². The van der Waals surface area contributed by atoms with Gasteiger partial charge in [-0.05, 0) is 31.7 Å². The molecule has 2 unspecified atom stereocenters. The Morgan fingerprint density at radius 3 is 2.56 bits per heavy atom. The quantitative estimate of drug-likeness (QED) is 0.571. The van der Waals surface area contributed by atoms with Crippen LogP contribution in [0.15, 0.2) is 23.2 Å². The molecule has 136 valence electrons. The van der Waals surface area contributed by atoms with Gasteiger partial charge in [-0.15, -0.1) is 11.3 Å². The van der Waals surface area contributed by atoms with E-state index in [0.717, 1.165) is 4.88 Å². The van der Waals surface area contributed by atoms with Crippen molar-refractivity contribution < 1.29 is 19.1 Å². The Morgan fingerprint density at radius 2 is 1.96 bits per heavy atom. The molecule has 25 heavy (non-hydrogen) atoms. The lowest BCUT2D eigenvalue weighted by molar-refractivity contribution is -0.138. The van der Waals surface area contributed by atoms with E-state index < -0.39 is 0 Å². The van der Waals surface area contributed by atoms with Crippen molar-refractivity contribution in [1.29, 1.82) is 0 Å². The van der Waals surface area contributed by atoms with E-state index in [-0.39, 0.29) is 24.0 Å². The van der Waals surface area contributed by atoms with Crippen LogP contribution in [-0.4, -0.2) is 67.2 Å². The SMILES string of the molecule is COCCCN1C(=O)C(c2cccs2)=C(N2CC(C)OC(C)C2)C1=O. The summed E-state index contributed by atoms with van der Waals surface area (Å²) in [7, 11) is 1.62. The summed E-state index contributed by atoms with van der Waals surface area (Å²) in [5.74, 6) is -0.406.